The lowest BCUT2D eigenvalue weighted by Crippen LogP contribution is -2.47. The average Bonchev–Trinajstić information content (AvgIpc) is 2.59. The van der Waals surface area contributed by atoms with Crippen LogP contribution in [0.15, 0.2) is 35.2 Å². The molecule has 2 N–H and O–H groups in total. The molecule has 1 fully saturated rings. The zero-order valence-corrected chi connectivity index (χ0v) is 14.0. The van der Waals surface area contributed by atoms with Crippen LogP contribution in [0.25, 0.3) is 0 Å². The largest absolute Gasteiger partial charge is 0.395 e. The van der Waals surface area contributed by atoms with Crippen LogP contribution >= 0.6 is 0 Å². The maximum Gasteiger partial charge on any atom is 0.243 e. The van der Waals surface area contributed by atoms with Gasteiger partial charge in [0.1, 0.15) is 0 Å². The minimum atomic E-state index is -3.71. The highest BCUT2D eigenvalue weighted by atomic mass is 32.2. The Morgan fingerprint density at radius 3 is 2.43 bits per heavy atom. The van der Waals surface area contributed by atoms with Crippen molar-refractivity contribution in [1.29, 1.82) is 0 Å². The first-order valence-corrected chi connectivity index (χ1v) is 9.44. The number of amides is 1. The molecule has 23 heavy (non-hydrogen) atoms. The number of aliphatic hydroxyl groups is 1. The predicted molar refractivity (Wildman–Crippen MR) is 87.3 cm³/mol. The van der Waals surface area contributed by atoms with E-state index in [9.17, 15) is 13.2 Å². The molecule has 0 saturated heterocycles. The van der Waals surface area contributed by atoms with E-state index in [1.807, 2.05) is 0 Å². The first-order chi connectivity index (χ1) is 11.1. The summed E-state index contributed by atoms with van der Waals surface area (Å²) in [6.45, 7) is -0.245. The summed E-state index contributed by atoms with van der Waals surface area (Å²) >= 11 is 0. The highest BCUT2D eigenvalue weighted by Crippen LogP contribution is 2.27. The predicted octanol–water partition coefficient (Wildman–Crippen LogP) is 1.12. The highest BCUT2D eigenvalue weighted by Gasteiger charge is 2.33. The van der Waals surface area contributed by atoms with E-state index < -0.39 is 10.0 Å². The van der Waals surface area contributed by atoms with Crippen LogP contribution in [0.2, 0.25) is 0 Å². The van der Waals surface area contributed by atoms with Crippen LogP contribution in [0.1, 0.15) is 32.1 Å². The maximum atomic E-state index is 12.9. The number of benzene rings is 1. The molecule has 1 saturated carbocycles. The van der Waals surface area contributed by atoms with Crippen molar-refractivity contribution in [3.8, 4) is 0 Å². The quantitative estimate of drug-likeness (QED) is 0.779. The summed E-state index contributed by atoms with van der Waals surface area (Å²) in [5, 5.41) is 11.3. The first kappa shape index (κ1) is 17.9. The number of hydrogen-bond acceptors (Lipinski definition) is 4. The van der Waals surface area contributed by atoms with Gasteiger partial charge < -0.3 is 10.4 Å². The second-order valence-corrected chi connectivity index (χ2v) is 7.62. The van der Waals surface area contributed by atoms with E-state index in [1.165, 1.54) is 4.31 Å². The smallest absolute Gasteiger partial charge is 0.243 e. The number of nitrogens with one attached hydrogen (secondary N) is 1. The van der Waals surface area contributed by atoms with Crippen LogP contribution in [0.4, 0.5) is 0 Å². The van der Waals surface area contributed by atoms with Crippen LogP contribution < -0.4 is 5.32 Å². The van der Waals surface area contributed by atoms with Crippen LogP contribution in [0, 0.1) is 0 Å². The summed E-state index contributed by atoms with van der Waals surface area (Å²) in [5.41, 5.74) is 0. The summed E-state index contributed by atoms with van der Waals surface area (Å²) in [4.78, 5) is 12.2. The minimum Gasteiger partial charge on any atom is -0.395 e. The van der Waals surface area contributed by atoms with E-state index in [4.69, 9.17) is 5.11 Å². The van der Waals surface area contributed by atoms with Crippen molar-refractivity contribution in [3.63, 3.8) is 0 Å². The Kier molecular flexibility index (Phi) is 6.56. The second-order valence-electron chi connectivity index (χ2n) is 5.73. The van der Waals surface area contributed by atoms with Crippen molar-refractivity contribution in [1.82, 2.24) is 9.62 Å². The Balaban J connectivity index is 2.23. The molecule has 0 aromatic heterocycles. The van der Waals surface area contributed by atoms with Crippen molar-refractivity contribution in [2.24, 2.45) is 0 Å². The molecule has 0 atom stereocenters. The lowest BCUT2D eigenvalue weighted by molar-refractivity contribution is -0.121. The summed E-state index contributed by atoms with van der Waals surface area (Å²) in [5.74, 6) is -0.385. The van der Waals surface area contributed by atoms with Crippen molar-refractivity contribution in [2.75, 3.05) is 19.7 Å². The highest BCUT2D eigenvalue weighted by molar-refractivity contribution is 7.89. The molecule has 1 aromatic rings. The number of nitrogens with zero attached hydrogens (tertiary/aromatic N) is 1. The SMILES string of the molecule is O=C(CN(C1CCCCC1)S(=O)(=O)c1ccccc1)NCCO. The Labute approximate surface area is 137 Å². The van der Waals surface area contributed by atoms with Gasteiger partial charge in [-0.25, -0.2) is 8.42 Å². The lowest BCUT2D eigenvalue weighted by atomic mass is 9.95. The second kappa shape index (κ2) is 8.42. The van der Waals surface area contributed by atoms with Gasteiger partial charge in [0.25, 0.3) is 0 Å². The fraction of sp³-hybridized carbons (Fsp3) is 0.562. The van der Waals surface area contributed by atoms with Crippen LogP contribution in [0.5, 0.6) is 0 Å². The Morgan fingerprint density at radius 2 is 1.83 bits per heavy atom. The van der Waals surface area contributed by atoms with Crippen molar-refractivity contribution >= 4 is 15.9 Å². The van der Waals surface area contributed by atoms with E-state index in [0.717, 1.165) is 32.1 Å². The molecule has 1 amide bonds. The van der Waals surface area contributed by atoms with Gasteiger partial charge in [0.2, 0.25) is 15.9 Å². The zero-order chi connectivity index (χ0) is 16.7. The summed E-state index contributed by atoms with van der Waals surface area (Å²) < 4.78 is 27.2. The van der Waals surface area contributed by atoms with Gasteiger partial charge in [-0.1, -0.05) is 37.5 Å². The number of carbonyl (C=O) groups is 1. The molecule has 6 nitrogen and oxygen atoms in total. The third-order valence-corrected chi connectivity index (χ3v) is 5.98. The van der Waals surface area contributed by atoms with E-state index >= 15 is 0 Å². The molecule has 1 aromatic carbocycles. The molecule has 2 rings (SSSR count). The molecule has 7 heteroatoms. The monoisotopic (exact) mass is 340 g/mol. The Bertz CT molecular complexity index is 598. The van der Waals surface area contributed by atoms with Gasteiger partial charge in [0.15, 0.2) is 0 Å². The van der Waals surface area contributed by atoms with E-state index in [-0.39, 0.29) is 36.5 Å². The van der Waals surface area contributed by atoms with E-state index in [2.05, 4.69) is 5.32 Å². The molecule has 1 aliphatic carbocycles. The number of carbonyl (C=O) groups excluding carboxylic acids is 1. The van der Waals surface area contributed by atoms with Gasteiger partial charge in [-0.2, -0.15) is 4.31 Å². The molecule has 0 aliphatic heterocycles. The molecule has 0 radical (unpaired) electrons. The van der Waals surface area contributed by atoms with Gasteiger partial charge in [0, 0.05) is 12.6 Å². The fourth-order valence-electron chi connectivity index (χ4n) is 2.90. The molecular weight excluding hydrogens is 316 g/mol. The molecule has 0 bridgehead atoms. The topological polar surface area (TPSA) is 86.7 Å². The molecular formula is C16H24N2O4S. The van der Waals surface area contributed by atoms with E-state index in [0.29, 0.717) is 0 Å². The van der Waals surface area contributed by atoms with Gasteiger partial charge in [-0.15, -0.1) is 0 Å². The van der Waals surface area contributed by atoms with Gasteiger partial charge in [0.05, 0.1) is 18.0 Å². The third-order valence-electron chi connectivity index (χ3n) is 4.07. The van der Waals surface area contributed by atoms with E-state index in [1.54, 1.807) is 30.3 Å². The van der Waals surface area contributed by atoms with Gasteiger partial charge in [-0.3, -0.25) is 4.79 Å². The van der Waals surface area contributed by atoms with Crippen LogP contribution in [0.3, 0.4) is 0 Å². The summed E-state index contributed by atoms with van der Waals surface area (Å²) in [6, 6.07) is 8.08. The minimum absolute atomic E-state index is 0.128. The molecule has 0 spiro atoms. The fourth-order valence-corrected chi connectivity index (χ4v) is 4.56. The third kappa shape index (κ3) is 4.76. The van der Waals surface area contributed by atoms with Gasteiger partial charge in [-0.05, 0) is 25.0 Å². The number of sulfonamides is 1. The standard InChI is InChI=1S/C16H24N2O4S/c19-12-11-17-16(20)13-18(14-7-3-1-4-8-14)23(21,22)15-9-5-2-6-10-15/h2,5-6,9-10,14,19H,1,3-4,7-8,11-13H2,(H,17,20). The van der Waals surface area contributed by atoms with Crippen molar-refractivity contribution < 1.29 is 18.3 Å². The molecule has 0 heterocycles. The van der Waals surface area contributed by atoms with Crippen LogP contribution in [-0.4, -0.2) is 49.5 Å². The van der Waals surface area contributed by atoms with Crippen molar-refractivity contribution in [3.05, 3.63) is 30.3 Å². The molecule has 1 aliphatic rings. The van der Waals surface area contributed by atoms with Crippen LogP contribution in [-0.2, 0) is 14.8 Å². The Morgan fingerprint density at radius 1 is 1.17 bits per heavy atom. The summed E-state index contributed by atoms with van der Waals surface area (Å²) in [7, 11) is -3.71. The Hall–Kier alpha value is -1.44. The lowest BCUT2D eigenvalue weighted by Gasteiger charge is -2.33. The number of rotatable bonds is 7. The normalized spacial score (nSPS) is 16.4. The number of aliphatic hydroxyl groups excluding tert-OH is 1. The average molecular weight is 340 g/mol. The summed E-state index contributed by atoms with van der Waals surface area (Å²) in [6.07, 6.45) is 4.61. The maximum absolute atomic E-state index is 12.9. The molecule has 128 valence electrons. The van der Waals surface area contributed by atoms with Crippen molar-refractivity contribution in [2.45, 2.75) is 43.0 Å². The number of hydrogen-bond donors (Lipinski definition) is 2. The van der Waals surface area contributed by atoms with Gasteiger partial charge >= 0.3 is 0 Å². The zero-order valence-electron chi connectivity index (χ0n) is 13.1. The molecule has 0 unspecified atom stereocenters. The first-order valence-electron chi connectivity index (χ1n) is 8.00.